The fourth-order valence-corrected chi connectivity index (χ4v) is 2.94. The van der Waals surface area contributed by atoms with Gasteiger partial charge in [-0.25, -0.2) is 4.79 Å². The quantitative estimate of drug-likeness (QED) is 0.596. The van der Waals surface area contributed by atoms with Crippen molar-refractivity contribution in [2.45, 2.75) is 6.54 Å². The number of benzene rings is 2. The second kappa shape index (κ2) is 8.99. The minimum atomic E-state index is -0.949. The van der Waals surface area contributed by atoms with E-state index in [9.17, 15) is 9.90 Å². The average molecular weight is 339 g/mol. The predicted octanol–water partition coefficient (Wildman–Crippen LogP) is 4.49. The molecule has 0 aromatic heterocycles. The van der Waals surface area contributed by atoms with Crippen molar-refractivity contribution in [1.82, 2.24) is 4.90 Å². The van der Waals surface area contributed by atoms with Crippen LogP contribution < -0.4 is 0 Å². The fourth-order valence-electron chi connectivity index (χ4n) is 2.33. The Hall–Kier alpha value is -2.46. The van der Waals surface area contributed by atoms with Crippen molar-refractivity contribution in [3.63, 3.8) is 0 Å². The van der Waals surface area contributed by atoms with Gasteiger partial charge < -0.3 is 10.0 Å². The van der Waals surface area contributed by atoms with Crippen molar-refractivity contribution in [2.24, 2.45) is 0 Å². The second-order valence-corrected chi connectivity index (χ2v) is 6.18. The van der Waals surface area contributed by atoms with Crippen molar-refractivity contribution >= 4 is 22.6 Å². The first kappa shape index (κ1) is 17.9. The maximum atomic E-state index is 11.2. The minimum absolute atomic E-state index is 0.646. The highest BCUT2D eigenvalue weighted by Gasteiger charge is 2.08. The molecule has 2 aromatic rings. The molecule has 0 heterocycles. The molecular formula is C20H21NO2S. The topological polar surface area (TPSA) is 40.5 Å². The molecule has 24 heavy (non-hydrogen) atoms. The van der Waals surface area contributed by atoms with E-state index >= 15 is 0 Å². The maximum absolute atomic E-state index is 11.2. The van der Waals surface area contributed by atoms with Crippen LogP contribution in [0.3, 0.4) is 0 Å². The van der Waals surface area contributed by atoms with E-state index in [0.717, 1.165) is 16.0 Å². The summed E-state index contributed by atoms with van der Waals surface area (Å²) in [6, 6.07) is 20.0. The molecule has 124 valence electrons. The van der Waals surface area contributed by atoms with Crippen LogP contribution in [0.5, 0.6) is 0 Å². The highest BCUT2D eigenvalue weighted by molar-refractivity contribution is 8.07. The lowest BCUT2D eigenvalue weighted by Gasteiger charge is -2.21. The molecule has 0 aliphatic carbocycles. The van der Waals surface area contributed by atoms with Crippen LogP contribution in [-0.4, -0.2) is 29.3 Å². The van der Waals surface area contributed by atoms with Gasteiger partial charge in [0, 0.05) is 30.3 Å². The van der Waals surface area contributed by atoms with Gasteiger partial charge in [0.2, 0.25) is 0 Å². The fraction of sp³-hybridized carbons (Fsp3) is 0.150. The number of carboxylic acid groups (broad SMARTS) is 1. The van der Waals surface area contributed by atoms with Crippen molar-refractivity contribution in [2.75, 3.05) is 13.3 Å². The van der Waals surface area contributed by atoms with E-state index in [-0.39, 0.29) is 0 Å². The van der Waals surface area contributed by atoms with Crippen LogP contribution in [0.25, 0.3) is 4.91 Å². The molecule has 0 aliphatic heterocycles. The van der Waals surface area contributed by atoms with Crippen LogP contribution in [0.1, 0.15) is 11.1 Å². The molecule has 0 fully saturated rings. The summed E-state index contributed by atoms with van der Waals surface area (Å²) in [6.07, 6.45) is 5.17. The van der Waals surface area contributed by atoms with Gasteiger partial charge in [-0.15, -0.1) is 11.8 Å². The average Bonchev–Trinajstić information content (AvgIpc) is 2.59. The number of likely N-dealkylation sites (N-methyl/N-ethyl adjacent to an activating group) is 1. The highest BCUT2D eigenvalue weighted by Crippen LogP contribution is 2.27. The first-order chi connectivity index (χ1) is 11.6. The number of hydrogen-bond donors (Lipinski definition) is 1. The summed E-state index contributed by atoms with van der Waals surface area (Å²) >= 11 is 1.60. The maximum Gasteiger partial charge on any atom is 0.330 e. The minimum Gasteiger partial charge on any atom is -0.478 e. The summed E-state index contributed by atoms with van der Waals surface area (Å²) in [4.78, 5) is 14.2. The normalized spacial score (nSPS) is 12.1. The smallest absolute Gasteiger partial charge is 0.330 e. The SMILES string of the molecule is CS/C(=C\C(=C\C(=O)O)N(C)Cc1ccccc1)c1ccccc1. The summed E-state index contributed by atoms with van der Waals surface area (Å²) in [5.41, 5.74) is 2.88. The second-order valence-electron chi connectivity index (χ2n) is 5.33. The van der Waals surface area contributed by atoms with Gasteiger partial charge in [0.05, 0.1) is 0 Å². The van der Waals surface area contributed by atoms with Crippen LogP contribution in [0, 0.1) is 0 Å². The highest BCUT2D eigenvalue weighted by atomic mass is 32.2. The number of thioether (sulfide) groups is 1. The van der Waals surface area contributed by atoms with Crippen LogP contribution in [0.15, 0.2) is 78.5 Å². The molecule has 0 bridgehead atoms. The Kier molecular flexibility index (Phi) is 6.70. The van der Waals surface area contributed by atoms with Crippen molar-refractivity contribution in [1.29, 1.82) is 0 Å². The van der Waals surface area contributed by atoms with Gasteiger partial charge in [-0.2, -0.15) is 0 Å². The Morgan fingerprint density at radius 1 is 1.04 bits per heavy atom. The summed E-state index contributed by atoms with van der Waals surface area (Å²) in [5, 5.41) is 9.22. The van der Waals surface area contributed by atoms with Crippen LogP contribution in [-0.2, 0) is 11.3 Å². The van der Waals surface area contributed by atoms with E-state index in [1.165, 1.54) is 6.08 Å². The number of nitrogens with zero attached hydrogens (tertiary/aromatic N) is 1. The van der Waals surface area contributed by atoms with Gasteiger partial charge >= 0.3 is 5.97 Å². The van der Waals surface area contributed by atoms with E-state index in [2.05, 4.69) is 0 Å². The van der Waals surface area contributed by atoms with E-state index in [1.54, 1.807) is 11.8 Å². The third-order valence-electron chi connectivity index (χ3n) is 3.53. The predicted molar refractivity (Wildman–Crippen MR) is 102 cm³/mol. The lowest BCUT2D eigenvalue weighted by Crippen LogP contribution is -2.17. The zero-order valence-electron chi connectivity index (χ0n) is 13.8. The number of hydrogen-bond acceptors (Lipinski definition) is 3. The zero-order chi connectivity index (χ0) is 17.4. The number of allylic oxidation sites excluding steroid dienone is 1. The van der Waals surface area contributed by atoms with Crippen LogP contribution in [0.2, 0.25) is 0 Å². The first-order valence-corrected chi connectivity index (χ1v) is 8.83. The van der Waals surface area contributed by atoms with Gasteiger partial charge in [0.25, 0.3) is 0 Å². The molecule has 3 nitrogen and oxygen atoms in total. The Balaban J connectivity index is 2.31. The number of carboxylic acids is 1. The molecule has 0 amide bonds. The molecule has 0 saturated carbocycles. The Bertz CT molecular complexity index is 724. The van der Waals surface area contributed by atoms with Gasteiger partial charge in [0.15, 0.2) is 0 Å². The van der Waals surface area contributed by atoms with Gasteiger partial charge in [0.1, 0.15) is 0 Å². The standard InChI is InChI=1S/C20H21NO2S/c1-21(15-16-9-5-3-6-10-16)18(14-20(22)23)13-19(24-2)17-11-7-4-8-12-17/h3-14H,15H2,1-2H3,(H,22,23)/b18-14-,19-13-. The molecule has 0 saturated heterocycles. The molecular weight excluding hydrogens is 318 g/mol. The van der Waals surface area contributed by atoms with E-state index in [0.29, 0.717) is 12.2 Å². The van der Waals surface area contributed by atoms with Crippen molar-refractivity contribution < 1.29 is 9.90 Å². The molecule has 2 aromatic carbocycles. The van der Waals surface area contributed by atoms with E-state index in [1.807, 2.05) is 84.9 Å². The summed E-state index contributed by atoms with van der Waals surface area (Å²) in [7, 11) is 1.90. The van der Waals surface area contributed by atoms with E-state index < -0.39 is 5.97 Å². The first-order valence-electron chi connectivity index (χ1n) is 7.61. The van der Waals surface area contributed by atoms with E-state index in [4.69, 9.17) is 0 Å². The molecule has 4 heteroatoms. The third kappa shape index (κ3) is 5.32. The van der Waals surface area contributed by atoms with Crippen LogP contribution >= 0.6 is 11.8 Å². The zero-order valence-corrected chi connectivity index (χ0v) is 14.7. The third-order valence-corrected chi connectivity index (χ3v) is 4.33. The Morgan fingerprint density at radius 2 is 1.62 bits per heavy atom. The lowest BCUT2D eigenvalue weighted by molar-refractivity contribution is -0.131. The largest absolute Gasteiger partial charge is 0.478 e. The van der Waals surface area contributed by atoms with Crippen LogP contribution in [0.4, 0.5) is 0 Å². The van der Waals surface area contributed by atoms with Gasteiger partial charge in [-0.05, 0) is 23.5 Å². The molecule has 0 aliphatic rings. The van der Waals surface area contributed by atoms with Crippen molar-refractivity contribution in [3.8, 4) is 0 Å². The Morgan fingerprint density at radius 3 is 2.17 bits per heavy atom. The molecule has 0 atom stereocenters. The lowest BCUT2D eigenvalue weighted by atomic mass is 10.1. The molecule has 1 N–H and O–H groups in total. The molecule has 0 unspecified atom stereocenters. The molecule has 0 radical (unpaired) electrons. The van der Waals surface area contributed by atoms with Crippen molar-refractivity contribution in [3.05, 3.63) is 89.6 Å². The monoisotopic (exact) mass is 339 g/mol. The molecule has 2 rings (SSSR count). The number of rotatable bonds is 7. The Labute approximate surface area is 147 Å². The number of aliphatic carboxylic acids is 1. The number of carbonyl (C=O) groups is 1. The summed E-state index contributed by atoms with van der Waals surface area (Å²) in [5.74, 6) is -0.949. The summed E-state index contributed by atoms with van der Waals surface area (Å²) < 4.78 is 0. The molecule has 0 spiro atoms. The summed E-state index contributed by atoms with van der Waals surface area (Å²) in [6.45, 7) is 0.646. The van der Waals surface area contributed by atoms with Gasteiger partial charge in [-0.1, -0.05) is 60.7 Å². The van der Waals surface area contributed by atoms with Gasteiger partial charge in [-0.3, -0.25) is 0 Å².